The summed E-state index contributed by atoms with van der Waals surface area (Å²) < 4.78 is 57.4. The summed E-state index contributed by atoms with van der Waals surface area (Å²) >= 11 is 0. The lowest BCUT2D eigenvalue weighted by Crippen LogP contribution is -2.29. The predicted molar refractivity (Wildman–Crippen MR) is 119 cm³/mol. The molecule has 0 fully saturated rings. The van der Waals surface area contributed by atoms with Crippen LogP contribution < -0.4 is 22.3 Å². The number of hydrogen-bond donors (Lipinski definition) is 3. The number of anilines is 3. The number of aromatic nitrogens is 4. The average molecular weight is 484 g/mol. The Hall–Kier alpha value is -4.73. The van der Waals surface area contributed by atoms with E-state index in [2.05, 4.69) is 20.3 Å². The molecule has 0 amide bonds. The van der Waals surface area contributed by atoms with Crippen molar-refractivity contribution >= 4 is 28.5 Å². The van der Waals surface area contributed by atoms with Crippen molar-refractivity contribution in [2.45, 2.75) is 19.4 Å². The predicted octanol–water partition coefficient (Wildman–Crippen LogP) is 3.33. The number of nitrogen functional groups attached to an aromatic ring is 2. The highest BCUT2D eigenvalue weighted by Crippen LogP contribution is 2.28. The SMILES string of the molecule is CCC(Nc1nc(N)nc(N)c1C#N)c1nc2ccc(F)c(F)c2c(=O)n1-c1cc(F)cc(F)c1. The quantitative estimate of drug-likeness (QED) is 0.365. The van der Waals surface area contributed by atoms with Crippen LogP contribution in [0.1, 0.15) is 30.8 Å². The van der Waals surface area contributed by atoms with Gasteiger partial charge in [-0.1, -0.05) is 6.92 Å². The second-order valence-electron chi connectivity index (χ2n) is 7.40. The van der Waals surface area contributed by atoms with Crippen molar-refractivity contribution in [2.75, 3.05) is 16.8 Å². The molecule has 4 aromatic rings. The maximum atomic E-state index is 14.6. The fraction of sp³-hybridized carbons (Fsp3) is 0.136. The van der Waals surface area contributed by atoms with E-state index in [9.17, 15) is 27.6 Å². The number of halogens is 4. The van der Waals surface area contributed by atoms with Crippen molar-refractivity contribution in [1.29, 1.82) is 5.26 Å². The Morgan fingerprint density at radius 1 is 1.09 bits per heavy atom. The summed E-state index contributed by atoms with van der Waals surface area (Å²) in [5, 5.41) is 11.6. The second kappa shape index (κ2) is 8.90. The van der Waals surface area contributed by atoms with E-state index < -0.39 is 40.3 Å². The maximum Gasteiger partial charge on any atom is 0.269 e. The van der Waals surface area contributed by atoms with E-state index in [1.807, 2.05) is 6.07 Å². The van der Waals surface area contributed by atoms with Crippen molar-refractivity contribution in [3.05, 3.63) is 75.3 Å². The number of nitrogens with two attached hydrogens (primary N) is 2. The molecule has 2 heterocycles. The first-order chi connectivity index (χ1) is 16.6. The third-order valence-electron chi connectivity index (χ3n) is 5.16. The number of nitriles is 1. The van der Waals surface area contributed by atoms with Crippen molar-refractivity contribution in [1.82, 2.24) is 19.5 Å². The summed E-state index contributed by atoms with van der Waals surface area (Å²) in [7, 11) is 0. The van der Waals surface area contributed by atoms with E-state index in [0.717, 1.165) is 28.8 Å². The van der Waals surface area contributed by atoms with E-state index in [0.29, 0.717) is 6.07 Å². The van der Waals surface area contributed by atoms with Crippen LogP contribution in [-0.2, 0) is 0 Å². The van der Waals surface area contributed by atoms with Crippen LogP contribution in [-0.4, -0.2) is 19.5 Å². The van der Waals surface area contributed by atoms with Crippen LogP contribution in [0, 0.1) is 34.6 Å². The Morgan fingerprint density at radius 2 is 1.77 bits per heavy atom. The molecule has 0 aliphatic rings. The average Bonchev–Trinajstić information content (AvgIpc) is 2.78. The zero-order valence-corrected chi connectivity index (χ0v) is 18.0. The highest BCUT2D eigenvalue weighted by molar-refractivity contribution is 5.79. The zero-order valence-electron chi connectivity index (χ0n) is 18.0. The number of nitrogens with zero attached hydrogens (tertiary/aromatic N) is 5. The Kier molecular flexibility index (Phi) is 5.96. The number of benzene rings is 2. The molecule has 0 aliphatic carbocycles. The maximum absolute atomic E-state index is 14.6. The molecule has 35 heavy (non-hydrogen) atoms. The van der Waals surface area contributed by atoms with Gasteiger partial charge in [-0.25, -0.2) is 22.5 Å². The number of rotatable bonds is 5. The van der Waals surface area contributed by atoms with Gasteiger partial charge in [0.1, 0.15) is 40.3 Å². The van der Waals surface area contributed by atoms with Crippen molar-refractivity contribution in [3.8, 4) is 11.8 Å². The smallest absolute Gasteiger partial charge is 0.269 e. The molecule has 178 valence electrons. The van der Waals surface area contributed by atoms with Crippen LogP contribution in [0.25, 0.3) is 16.6 Å². The van der Waals surface area contributed by atoms with Gasteiger partial charge in [-0.2, -0.15) is 15.2 Å². The first kappa shape index (κ1) is 23.4. The normalized spacial score (nSPS) is 11.9. The molecule has 0 bridgehead atoms. The van der Waals surface area contributed by atoms with Crippen LogP contribution in [0.5, 0.6) is 0 Å². The van der Waals surface area contributed by atoms with Crippen LogP contribution >= 0.6 is 0 Å². The fourth-order valence-electron chi connectivity index (χ4n) is 3.60. The molecule has 0 aliphatic heterocycles. The monoisotopic (exact) mass is 484 g/mol. The van der Waals surface area contributed by atoms with E-state index in [-0.39, 0.29) is 46.6 Å². The highest BCUT2D eigenvalue weighted by Gasteiger charge is 2.25. The van der Waals surface area contributed by atoms with Gasteiger partial charge in [-0.05, 0) is 30.7 Å². The van der Waals surface area contributed by atoms with Gasteiger partial charge in [0, 0.05) is 6.07 Å². The molecule has 0 saturated heterocycles. The second-order valence-corrected chi connectivity index (χ2v) is 7.40. The minimum atomic E-state index is -1.46. The summed E-state index contributed by atoms with van der Waals surface area (Å²) in [5.41, 5.74) is 9.63. The van der Waals surface area contributed by atoms with Gasteiger partial charge in [0.2, 0.25) is 5.95 Å². The Bertz CT molecular complexity index is 1560. The summed E-state index contributed by atoms with van der Waals surface area (Å²) in [6.07, 6.45) is 0.189. The molecule has 9 nitrogen and oxygen atoms in total. The number of fused-ring (bicyclic) bond motifs is 1. The highest BCUT2D eigenvalue weighted by atomic mass is 19.2. The summed E-state index contributed by atoms with van der Waals surface area (Å²) in [5.74, 6) is -5.43. The standard InChI is InChI=1S/C22H16F4N8O/c1-2-14(30-19-12(8-27)18(28)32-22(29)33-19)20-31-15-4-3-13(25)17(26)16(15)21(35)34(20)11-6-9(23)5-10(24)7-11/h3-7,14H,2H2,1H3,(H5,28,29,30,32,33). The molecule has 4 rings (SSSR count). The van der Waals surface area contributed by atoms with Crippen LogP contribution in [0.15, 0.2) is 35.1 Å². The van der Waals surface area contributed by atoms with Gasteiger partial charge in [0.05, 0.1) is 17.2 Å². The van der Waals surface area contributed by atoms with Crippen molar-refractivity contribution < 1.29 is 17.6 Å². The Morgan fingerprint density at radius 3 is 2.40 bits per heavy atom. The lowest BCUT2D eigenvalue weighted by atomic mass is 10.1. The number of hydrogen-bond acceptors (Lipinski definition) is 8. The van der Waals surface area contributed by atoms with E-state index in [1.165, 1.54) is 0 Å². The van der Waals surface area contributed by atoms with E-state index in [1.54, 1.807) is 6.92 Å². The third kappa shape index (κ3) is 4.17. The molecule has 0 spiro atoms. The first-order valence-corrected chi connectivity index (χ1v) is 10.1. The molecule has 0 radical (unpaired) electrons. The molecule has 0 saturated carbocycles. The molecule has 2 aromatic heterocycles. The molecule has 1 unspecified atom stereocenters. The van der Waals surface area contributed by atoms with E-state index in [4.69, 9.17) is 11.5 Å². The van der Waals surface area contributed by atoms with Gasteiger partial charge in [-0.15, -0.1) is 0 Å². The van der Waals surface area contributed by atoms with Gasteiger partial charge >= 0.3 is 0 Å². The molecular formula is C22H16F4N8O. The van der Waals surface area contributed by atoms with Gasteiger partial charge in [0.25, 0.3) is 5.56 Å². The molecular weight excluding hydrogens is 468 g/mol. The van der Waals surface area contributed by atoms with Crippen LogP contribution in [0.3, 0.4) is 0 Å². The lowest BCUT2D eigenvalue weighted by molar-refractivity contribution is 0.515. The van der Waals surface area contributed by atoms with E-state index >= 15 is 0 Å². The Labute approximate surface area is 194 Å². The van der Waals surface area contributed by atoms with Gasteiger partial charge in [0.15, 0.2) is 17.5 Å². The summed E-state index contributed by atoms with van der Waals surface area (Å²) in [6.45, 7) is 1.68. The fourth-order valence-corrected chi connectivity index (χ4v) is 3.60. The summed E-state index contributed by atoms with van der Waals surface area (Å²) in [4.78, 5) is 25.4. The molecule has 2 aromatic carbocycles. The molecule has 13 heteroatoms. The molecule has 5 N–H and O–H groups in total. The minimum Gasteiger partial charge on any atom is -0.382 e. The largest absolute Gasteiger partial charge is 0.382 e. The van der Waals surface area contributed by atoms with Crippen molar-refractivity contribution in [3.63, 3.8) is 0 Å². The Balaban J connectivity index is 2.03. The first-order valence-electron chi connectivity index (χ1n) is 10.1. The number of nitrogens with one attached hydrogen (secondary N) is 1. The minimum absolute atomic E-state index is 0.0824. The van der Waals surface area contributed by atoms with Crippen LogP contribution in [0.2, 0.25) is 0 Å². The van der Waals surface area contributed by atoms with Crippen molar-refractivity contribution in [2.24, 2.45) is 0 Å². The topological polar surface area (TPSA) is 149 Å². The molecule has 1 atom stereocenters. The zero-order chi connectivity index (χ0) is 25.4. The third-order valence-corrected chi connectivity index (χ3v) is 5.16. The lowest BCUT2D eigenvalue weighted by Gasteiger charge is -2.23. The van der Waals surface area contributed by atoms with Gasteiger partial charge < -0.3 is 16.8 Å². The van der Waals surface area contributed by atoms with Crippen LogP contribution in [0.4, 0.5) is 35.1 Å². The summed E-state index contributed by atoms with van der Waals surface area (Å²) in [6, 6.07) is 5.07. The van der Waals surface area contributed by atoms with Gasteiger partial charge in [-0.3, -0.25) is 9.36 Å².